The van der Waals surface area contributed by atoms with Crippen LogP contribution in [0.15, 0.2) is 24.3 Å². The van der Waals surface area contributed by atoms with Gasteiger partial charge in [0.15, 0.2) is 0 Å². The molecule has 1 aliphatic heterocycles. The Labute approximate surface area is 113 Å². The van der Waals surface area contributed by atoms with Crippen molar-refractivity contribution in [2.45, 2.75) is 51.6 Å². The van der Waals surface area contributed by atoms with E-state index in [4.69, 9.17) is 14.6 Å². The molecule has 4 nitrogen and oxygen atoms in total. The molecule has 1 aromatic carbocycles. The normalized spacial score (nSPS) is 27.2. The Morgan fingerprint density at radius 1 is 1.32 bits per heavy atom. The third kappa shape index (κ3) is 3.78. The number of benzene rings is 1. The zero-order valence-electron chi connectivity index (χ0n) is 11.3. The summed E-state index contributed by atoms with van der Waals surface area (Å²) in [5, 5.41) is 9.11. The topological polar surface area (TPSA) is 55.8 Å². The Hall–Kier alpha value is -1.39. The number of hydrogen-bond donors (Lipinski definition) is 1. The minimum absolute atomic E-state index is 0.139. The van der Waals surface area contributed by atoms with Gasteiger partial charge in [-0.2, -0.15) is 0 Å². The average molecular weight is 264 g/mol. The van der Waals surface area contributed by atoms with Gasteiger partial charge in [-0.3, -0.25) is 0 Å². The van der Waals surface area contributed by atoms with Crippen molar-refractivity contribution in [2.24, 2.45) is 0 Å². The van der Waals surface area contributed by atoms with Crippen LogP contribution in [0.3, 0.4) is 0 Å². The first-order valence-corrected chi connectivity index (χ1v) is 6.64. The van der Waals surface area contributed by atoms with Crippen LogP contribution >= 0.6 is 0 Å². The second-order valence-corrected chi connectivity index (χ2v) is 5.12. The lowest BCUT2D eigenvalue weighted by Crippen LogP contribution is -2.34. The molecule has 4 heteroatoms. The first-order valence-electron chi connectivity index (χ1n) is 6.64. The molecule has 1 aliphatic rings. The van der Waals surface area contributed by atoms with Gasteiger partial charge in [0.05, 0.1) is 30.5 Å². The number of ether oxygens (including phenoxy) is 2. The first-order chi connectivity index (χ1) is 9.06. The van der Waals surface area contributed by atoms with E-state index in [1.165, 1.54) is 0 Å². The molecule has 0 aliphatic carbocycles. The van der Waals surface area contributed by atoms with Crippen LogP contribution in [0.4, 0.5) is 0 Å². The number of carbonyl (C=O) groups is 1. The fraction of sp³-hybridized carbons (Fsp3) is 0.533. The summed E-state index contributed by atoms with van der Waals surface area (Å²) in [6.45, 7) is 4.42. The summed E-state index contributed by atoms with van der Waals surface area (Å²) >= 11 is 0. The predicted octanol–water partition coefficient (Wildman–Crippen LogP) is 2.86. The Bertz CT molecular complexity index is 434. The second-order valence-electron chi connectivity index (χ2n) is 5.12. The Kier molecular flexibility index (Phi) is 4.56. The molecule has 1 heterocycles. The van der Waals surface area contributed by atoms with Gasteiger partial charge in [0.25, 0.3) is 0 Å². The zero-order valence-corrected chi connectivity index (χ0v) is 11.3. The highest BCUT2D eigenvalue weighted by Crippen LogP contribution is 2.23. The summed E-state index contributed by atoms with van der Waals surface area (Å²) in [4.78, 5) is 11.1. The fourth-order valence-electron chi connectivity index (χ4n) is 2.54. The summed E-state index contributed by atoms with van der Waals surface area (Å²) in [5.41, 5.74) is 1.04. The molecule has 0 saturated carbocycles. The molecule has 1 aromatic rings. The quantitative estimate of drug-likeness (QED) is 0.908. The summed E-state index contributed by atoms with van der Waals surface area (Å²) < 4.78 is 11.5. The van der Waals surface area contributed by atoms with Crippen LogP contribution < -0.4 is 0 Å². The highest BCUT2D eigenvalue weighted by atomic mass is 16.5. The molecule has 0 bridgehead atoms. The monoisotopic (exact) mass is 264 g/mol. The van der Waals surface area contributed by atoms with E-state index in [1.807, 2.05) is 19.9 Å². The van der Waals surface area contributed by atoms with Gasteiger partial charge in [-0.25, -0.2) is 4.79 Å². The van der Waals surface area contributed by atoms with E-state index in [0.29, 0.717) is 12.2 Å². The highest BCUT2D eigenvalue weighted by molar-refractivity contribution is 5.89. The Morgan fingerprint density at radius 3 is 2.58 bits per heavy atom. The molecule has 1 saturated heterocycles. The molecule has 2 atom stereocenters. The molecule has 0 aromatic heterocycles. The van der Waals surface area contributed by atoms with E-state index < -0.39 is 5.97 Å². The lowest BCUT2D eigenvalue weighted by Gasteiger charge is -2.32. The SMILES string of the molecule is CC1CC(OCc2ccccc2C(=O)O)CC(C)O1. The van der Waals surface area contributed by atoms with Crippen LogP contribution in [0.1, 0.15) is 42.6 Å². The van der Waals surface area contributed by atoms with Crippen molar-refractivity contribution in [3.8, 4) is 0 Å². The van der Waals surface area contributed by atoms with E-state index in [9.17, 15) is 4.79 Å². The van der Waals surface area contributed by atoms with E-state index in [0.717, 1.165) is 18.4 Å². The lowest BCUT2D eigenvalue weighted by atomic mass is 10.0. The van der Waals surface area contributed by atoms with Gasteiger partial charge in [-0.05, 0) is 38.3 Å². The lowest BCUT2D eigenvalue weighted by molar-refractivity contribution is -0.106. The minimum atomic E-state index is -0.909. The van der Waals surface area contributed by atoms with Crippen molar-refractivity contribution >= 4 is 5.97 Å². The maximum atomic E-state index is 11.1. The van der Waals surface area contributed by atoms with E-state index in [-0.39, 0.29) is 18.3 Å². The van der Waals surface area contributed by atoms with Gasteiger partial charge in [0.1, 0.15) is 0 Å². The number of carboxylic acid groups (broad SMARTS) is 1. The van der Waals surface area contributed by atoms with Crippen LogP contribution in [0.25, 0.3) is 0 Å². The van der Waals surface area contributed by atoms with Crippen LogP contribution in [0.5, 0.6) is 0 Å². The van der Waals surface area contributed by atoms with E-state index >= 15 is 0 Å². The predicted molar refractivity (Wildman–Crippen MR) is 71.2 cm³/mol. The fourth-order valence-corrected chi connectivity index (χ4v) is 2.54. The Balaban J connectivity index is 1.97. The third-order valence-corrected chi connectivity index (χ3v) is 3.38. The van der Waals surface area contributed by atoms with Crippen LogP contribution in [0.2, 0.25) is 0 Å². The van der Waals surface area contributed by atoms with Gasteiger partial charge < -0.3 is 14.6 Å². The minimum Gasteiger partial charge on any atom is -0.478 e. The van der Waals surface area contributed by atoms with Crippen molar-refractivity contribution in [1.82, 2.24) is 0 Å². The number of hydrogen-bond acceptors (Lipinski definition) is 3. The van der Waals surface area contributed by atoms with E-state index in [2.05, 4.69) is 0 Å². The molecule has 19 heavy (non-hydrogen) atoms. The van der Waals surface area contributed by atoms with Gasteiger partial charge in [0, 0.05) is 0 Å². The molecule has 1 N–H and O–H groups in total. The summed E-state index contributed by atoms with van der Waals surface area (Å²) in [6, 6.07) is 6.97. The third-order valence-electron chi connectivity index (χ3n) is 3.38. The van der Waals surface area contributed by atoms with Crippen LogP contribution in [-0.2, 0) is 16.1 Å². The van der Waals surface area contributed by atoms with Gasteiger partial charge in [0.2, 0.25) is 0 Å². The molecular formula is C15H20O4. The van der Waals surface area contributed by atoms with Crippen molar-refractivity contribution in [1.29, 1.82) is 0 Å². The number of rotatable bonds is 4. The van der Waals surface area contributed by atoms with Crippen LogP contribution in [-0.4, -0.2) is 29.4 Å². The van der Waals surface area contributed by atoms with E-state index in [1.54, 1.807) is 18.2 Å². The van der Waals surface area contributed by atoms with Gasteiger partial charge in [-0.15, -0.1) is 0 Å². The summed E-state index contributed by atoms with van der Waals surface area (Å²) in [5.74, 6) is -0.909. The molecule has 2 rings (SSSR count). The molecule has 104 valence electrons. The standard InChI is InChI=1S/C15H20O4/c1-10-7-13(8-11(2)19-10)18-9-12-5-3-4-6-14(12)15(16)17/h3-6,10-11,13H,7-9H2,1-2H3,(H,16,17). The van der Waals surface area contributed by atoms with Gasteiger partial charge in [-0.1, -0.05) is 18.2 Å². The number of aromatic carboxylic acids is 1. The zero-order chi connectivity index (χ0) is 13.8. The second kappa shape index (κ2) is 6.17. The van der Waals surface area contributed by atoms with Gasteiger partial charge >= 0.3 is 5.97 Å². The molecule has 1 fully saturated rings. The smallest absolute Gasteiger partial charge is 0.336 e. The molecular weight excluding hydrogens is 244 g/mol. The van der Waals surface area contributed by atoms with Crippen LogP contribution in [0, 0.1) is 0 Å². The van der Waals surface area contributed by atoms with Crippen molar-refractivity contribution in [3.63, 3.8) is 0 Å². The Morgan fingerprint density at radius 2 is 1.95 bits per heavy atom. The summed E-state index contributed by atoms with van der Waals surface area (Å²) in [6.07, 6.45) is 2.26. The highest BCUT2D eigenvalue weighted by Gasteiger charge is 2.25. The molecule has 0 spiro atoms. The molecule has 0 amide bonds. The first kappa shape index (κ1) is 14.0. The average Bonchev–Trinajstić information content (AvgIpc) is 2.35. The summed E-state index contributed by atoms with van der Waals surface area (Å²) in [7, 11) is 0. The van der Waals surface area contributed by atoms with Crippen molar-refractivity contribution in [3.05, 3.63) is 35.4 Å². The molecule has 2 unspecified atom stereocenters. The van der Waals surface area contributed by atoms with Crippen molar-refractivity contribution in [2.75, 3.05) is 0 Å². The maximum absolute atomic E-state index is 11.1. The number of carboxylic acids is 1. The largest absolute Gasteiger partial charge is 0.478 e. The van der Waals surface area contributed by atoms with Crippen molar-refractivity contribution < 1.29 is 19.4 Å². The molecule has 0 radical (unpaired) electrons. The maximum Gasteiger partial charge on any atom is 0.336 e.